The number of aliphatic hydroxyl groups is 1. The number of carbonyl (C=O) groups is 4. The van der Waals surface area contributed by atoms with Crippen molar-refractivity contribution in [2.75, 3.05) is 6.61 Å². The van der Waals surface area contributed by atoms with E-state index in [0.29, 0.717) is 32.3 Å². The summed E-state index contributed by atoms with van der Waals surface area (Å²) in [6, 6.07) is 0. The van der Waals surface area contributed by atoms with Crippen LogP contribution in [-0.2, 0) is 19.2 Å². The molecule has 0 unspecified atom stereocenters. The van der Waals surface area contributed by atoms with E-state index >= 15 is 0 Å². The van der Waals surface area contributed by atoms with E-state index in [0.717, 1.165) is 64.2 Å². The molecule has 5 N–H and O–H groups in total. The molecule has 0 fully saturated rings. The molecular formula is C77H156O9. The van der Waals surface area contributed by atoms with Crippen molar-refractivity contribution in [1.82, 2.24) is 0 Å². The van der Waals surface area contributed by atoms with Gasteiger partial charge in [-0.3, -0.25) is 19.2 Å². The lowest BCUT2D eigenvalue weighted by Gasteiger charge is -2.03. The van der Waals surface area contributed by atoms with Crippen molar-refractivity contribution in [1.29, 1.82) is 0 Å². The number of aliphatic carboxylic acids is 4. The van der Waals surface area contributed by atoms with Gasteiger partial charge in [0.2, 0.25) is 0 Å². The molecule has 518 valence electrons. The first-order chi connectivity index (χ1) is 42.0. The fourth-order valence-electron chi connectivity index (χ4n) is 11.0. The van der Waals surface area contributed by atoms with Gasteiger partial charge in [-0.25, -0.2) is 0 Å². The molecule has 0 aromatic carbocycles. The van der Waals surface area contributed by atoms with E-state index in [4.69, 9.17) is 25.5 Å². The Morgan fingerprint density at radius 2 is 0.256 bits per heavy atom. The van der Waals surface area contributed by atoms with Crippen LogP contribution in [0, 0.1) is 0 Å². The summed E-state index contributed by atoms with van der Waals surface area (Å²) < 4.78 is 0. The molecule has 9 nitrogen and oxygen atoms in total. The molecular weight excluding hydrogens is 1070 g/mol. The predicted molar refractivity (Wildman–Crippen MR) is 375 cm³/mol. The molecule has 9 heteroatoms. The van der Waals surface area contributed by atoms with Crippen molar-refractivity contribution in [3.8, 4) is 0 Å². The van der Waals surface area contributed by atoms with Crippen LogP contribution in [0.3, 0.4) is 0 Å². The zero-order chi connectivity index (χ0) is 64.4. The summed E-state index contributed by atoms with van der Waals surface area (Å²) in [5, 5.41) is 42.3. The number of rotatable bonds is 67. The zero-order valence-corrected chi connectivity index (χ0v) is 59.0. The molecule has 0 aliphatic heterocycles. The van der Waals surface area contributed by atoms with Crippen molar-refractivity contribution in [3.05, 3.63) is 0 Å². The molecule has 0 heterocycles. The highest BCUT2D eigenvalue weighted by atomic mass is 16.4. The first kappa shape index (κ1) is 92.6. The Balaban J connectivity index is -0.000000328. The van der Waals surface area contributed by atoms with E-state index in [9.17, 15) is 19.2 Å². The van der Waals surface area contributed by atoms with Crippen LogP contribution in [-0.4, -0.2) is 56.0 Å². The van der Waals surface area contributed by atoms with Crippen molar-refractivity contribution >= 4 is 23.9 Å². The van der Waals surface area contributed by atoms with Gasteiger partial charge in [0.15, 0.2) is 0 Å². The third-order valence-electron chi connectivity index (χ3n) is 16.7. The first-order valence-electron chi connectivity index (χ1n) is 38.5. The second-order valence-corrected chi connectivity index (χ2v) is 25.8. The smallest absolute Gasteiger partial charge is 0.303 e. The van der Waals surface area contributed by atoms with Crippen LogP contribution < -0.4 is 0 Å². The molecule has 0 aliphatic carbocycles. The van der Waals surface area contributed by atoms with Crippen molar-refractivity contribution in [2.45, 2.75) is 465 Å². The van der Waals surface area contributed by atoms with Crippen LogP contribution in [0.1, 0.15) is 465 Å². The van der Waals surface area contributed by atoms with Gasteiger partial charge in [0, 0.05) is 32.3 Å². The topological polar surface area (TPSA) is 169 Å². The Hall–Kier alpha value is -2.16. The van der Waals surface area contributed by atoms with E-state index in [2.05, 4.69) is 34.6 Å². The fraction of sp³-hybridized carbons (Fsp3) is 0.948. The lowest BCUT2D eigenvalue weighted by molar-refractivity contribution is -0.138. The van der Waals surface area contributed by atoms with Gasteiger partial charge in [-0.05, 0) is 32.1 Å². The molecule has 0 aromatic heterocycles. The van der Waals surface area contributed by atoms with Gasteiger partial charge in [-0.1, -0.05) is 407 Å². The minimum Gasteiger partial charge on any atom is -0.481 e. The van der Waals surface area contributed by atoms with Gasteiger partial charge in [0.1, 0.15) is 0 Å². The van der Waals surface area contributed by atoms with Crippen LogP contribution in [0.2, 0.25) is 0 Å². The lowest BCUT2D eigenvalue weighted by Crippen LogP contribution is -1.93. The molecule has 0 saturated carbocycles. The van der Waals surface area contributed by atoms with E-state index in [1.54, 1.807) is 0 Å². The van der Waals surface area contributed by atoms with E-state index < -0.39 is 23.9 Å². The van der Waals surface area contributed by atoms with Gasteiger partial charge >= 0.3 is 23.9 Å². The third kappa shape index (κ3) is 113. The number of carboxylic acid groups (broad SMARTS) is 4. The number of hydrogen-bond acceptors (Lipinski definition) is 5. The Morgan fingerprint density at radius 3 is 0.337 bits per heavy atom. The average molecular weight is 1230 g/mol. The Bertz CT molecular complexity index is 1050. The van der Waals surface area contributed by atoms with Gasteiger partial charge in [0.05, 0.1) is 0 Å². The molecule has 0 radical (unpaired) electrons. The van der Waals surface area contributed by atoms with Crippen molar-refractivity contribution in [2.24, 2.45) is 0 Å². The van der Waals surface area contributed by atoms with Crippen LogP contribution in [0.5, 0.6) is 0 Å². The number of hydrogen-bond donors (Lipinski definition) is 5. The van der Waals surface area contributed by atoms with E-state index in [1.165, 1.54) is 340 Å². The minimum absolute atomic E-state index is 0.345. The molecule has 0 amide bonds. The first-order valence-corrected chi connectivity index (χ1v) is 38.5. The molecule has 0 saturated heterocycles. The highest BCUT2D eigenvalue weighted by Gasteiger charge is 2.02. The summed E-state index contributed by atoms with van der Waals surface area (Å²) in [5.41, 5.74) is 0. The molecule has 0 rings (SSSR count). The highest BCUT2D eigenvalue weighted by Crippen LogP contribution is 2.18. The molecule has 0 spiro atoms. The van der Waals surface area contributed by atoms with Crippen LogP contribution in [0.25, 0.3) is 0 Å². The third-order valence-corrected chi connectivity index (χ3v) is 16.7. The van der Waals surface area contributed by atoms with Crippen molar-refractivity contribution in [3.63, 3.8) is 0 Å². The molecule has 0 bridgehead atoms. The summed E-state index contributed by atoms with van der Waals surface area (Å²) >= 11 is 0. The molecule has 0 aromatic rings. The maximum Gasteiger partial charge on any atom is 0.303 e. The van der Waals surface area contributed by atoms with Crippen LogP contribution in [0.15, 0.2) is 0 Å². The normalized spacial score (nSPS) is 10.7. The summed E-state index contributed by atoms with van der Waals surface area (Å²) in [5.74, 6) is -2.61. The molecule has 0 atom stereocenters. The maximum atomic E-state index is 10.3. The SMILES string of the molecule is CCCCCCCCCCCCCCCCCC(=O)O.CCCCCCCCCCCCCCCCCC(=O)O.CCCCCCCCCCCCCCCCCC(=O)O.CCCCCCCCCCCCCCCCCC(=O)O.CCCCCO. The Morgan fingerprint density at radius 1 is 0.163 bits per heavy atom. The quantitative estimate of drug-likeness (QED) is 0.0372. The summed E-state index contributed by atoms with van der Waals surface area (Å²) in [7, 11) is 0. The monoisotopic (exact) mass is 1230 g/mol. The summed E-state index contributed by atoms with van der Waals surface area (Å²) in [6.07, 6.45) is 84.1. The highest BCUT2D eigenvalue weighted by molar-refractivity contribution is 5.67. The Labute approximate surface area is 537 Å². The zero-order valence-electron chi connectivity index (χ0n) is 59.0. The number of carboxylic acids is 4. The average Bonchev–Trinajstić information content (AvgIpc) is 3.49. The fourth-order valence-corrected chi connectivity index (χ4v) is 11.0. The maximum absolute atomic E-state index is 10.3. The summed E-state index contributed by atoms with van der Waals surface area (Å²) in [4.78, 5) is 41.3. The van der Waals surface area contributed by atoms with E-state index in [1.807, 2.05) is 0 Å². The number of unbranched alkanes of at least 4 members (excludes halogenated alkanes) is 58. The molecule has 0 aliphatic rings. The van der Waals surface area contributed by atoms with Gasteiger partial charge < -0.3 is 25.5 Å². The molecule has 86 heavy (non-hydrogen) atoms. The van der Waals surface area contributed by atoms with Crippen molar-refractivity contribution < 1.29 is 44.7 Å². The van der Waals surface area contributed by atoms with Gasteiger partial charge in [0.25, 0.3) is 0 Å². The number of aliphatic hydroxyl groups excluding tert-OH is 1. The second-order valence-electron chi connectivity index (χ2n) is 25.8. The van der Waals surface area contributed by atoms with Crippen LogP contribution in [0.4, 0.5) is 0 Å². The standard InChI is InChI=1S/4C18H36O2.C5H12O/c4*1-2-3-4-5-6-7-8-9-10-11-12-13-14-15-16-17-18(19)20;1-2-3-4-5-6/h4*2-17H2,1H3,(H,19,20);6H,2-5H2,1H3. The van der Waals surface area contributed by atoms with E-state index in [-0.39, 0.29) is 0 Å². The van der Waals surface area contributed by atoms with Gasteiger partial charge in [-0.2, -0.15) is 0 Å². The van der Waals surface area contributed by atoms with Crippen LogP contribution >= 0.6 is 0 Å². The van der Waals surface area contributed by atoms with Gasteiger partial charge in [-0.15, -0.1) is 0 Å². The largest absolute Gasteiger partial charge is 0.481 e. The Kier molecular flexibility index (Phi) is 98.6. The minimum atomic E-state index is -0.653. The second kappa shape index (κ2) is 91.6. The lowest BCUT2D eigenvalue weighted by atomic mass is 10.0. The predicted octanol–water partition coefficient (Wildman–Crippen LogP) is 26.5. The summed E-state index contributed by atoms with van der Waals surface area (Å²) in [6.45, 7) is 11.6.